The van der Waals surface area contributed by atoms with Gasteiger partial charge in [0.25, 0.3) is 0 Å². The van der Waals surface area contributed by atoms with Crippen LogP contribution >= 0.6 is 0 Å². The van der Waals surface area contributed by atoms with Gasteiger partial charge in [-0.1, -0.05) is 29.8 Å². The van der Waals surface area contributed by atoms with Gasteiger partial charge in [-0.2, -0.15) is 0 Å². The van der Waals surface area contributed by atoms with Gasteiger partial charge in [0.15, 0.2) is 0 Å². The van der Waals surface area contributed by atoms with E-state index >= 15 is 0 Å². The van der Waals surface area contributed by atoms with Gasteiger partial charge in [-0.25, -0.2) is 9.97 Å². The summed E-state index contributed by atoms with van der Waals surface area (Å²) in [6, 6.07) is 10.2. The molecule has 1 saturated heterocycles. The third-order valence-corrected chi connectivity index (χ3v) is 3.84. The van der Waals surface area contributed by atoms with Gasteiger partial charge in [0.2, 0.25) is 5.95 Å². The molecule has 1 aromatic heterocycles. The molecule has 0 atom stereocenters. The topological polar surface area (TPSA) is 56.1 Å². The first-order valence-corrected chi connectivity index (χ1v) is 7.32. The second-order valence-corrected chi connectivity index (χ2v) is 5.31. The molecule has 0 bridgehead atoms. The Balaban J connectivity index is 0.00000176. The van der Waals surface area contributed by atoms with Crippen LogP contribution in [0.25, 0.3) is 5.73 Å². The summed E-state index contributed by atoms with van der Waals surface area (Å²) in [6.07, 6.45) is 3.59. The Hall–Kier alpha value is -0.538. The minimum atomic E-state index is 0. The normalized spacial score (nSPS) is 15.4. The van der Waals surface area contributed by atoms with Gasteiger partial charge in [0.1, 0.15) is 0 Å². The molecule has 0 spiro atoms. The van der Waals surface area contributed by atoms with Crippen LogP contribution < -0.4 is 4.90 Å². The molecule has 0 amide bonds. The molecule has 22 heavy (non-hydrogen) atoms. The molecule has 5 nitrogen and oxygen atoms in total. The van der Waals surface area contributed by atoms with Crippen LogP contribution in [-0.4, -0.2) is 41.0 Å². The molecule has 1 aliphatic rings. The first kappa shape index (κ1) is 17.8. The van der Waals surface area contributed by atoms with Crippen molar-refractivity contribution in [1.82, 2.24) is 14.9 Å². The standard InChI is InChI=1S/C16H20N5.Ac/c17-12-14-2-4-15(5-3-14)13-20-8-10-21(11-9-20)16-18-6-1-7-19-16;/h1-7,17H,8-13H2;/q-1;. The summed E-state index contributed by atoms with van der Waals surface area (Å²) in [6.45, 7) is 5.32. The molecular formula is C16H20AcN5-. The van der Waals surface area contributed by atoms with Crippen LogP contribution in [0.4, 0.5) is 5.95 Å². The van der Waals surface area contributed by atoms with E-state index in [-0.39, 0.29) is 44.1 Å². The predicted molar refractivity (Wildman–Crippen MR) is 84.0 cm³/mol. The fraction of sp³-hybridized carbons (Fsp3) is 0.375. The monoisotopic (exact) mass is 509 g/mol. The van der Waals surface area contributed by atoms with Gasteiger partial charge in [-0.15, -0.1) is 6.54 Å². The van der Waals surface area contributed by atoms with Crippen LogP contribution in [0, 0.1) is 44.1 Å². The molecule has 0 saturated carbocycles. The van der Waals surface area contributed by atoms with Gasteiger partial charge < -0.3 is 10.6 Å². The van der Waals surface area contributed by atoms with Crippen molar-refractivity contribution in [3.63, 3.8) is 0 Å². The van der Waals surface area contributed by atoms with Crippen molar-refractivity contribution >= 4 is 5.95 Å². The Morgan fingerprint density at radius 1 is 0.909 bits per heavy atom. The van der Waals surface area contributed by atoms with Gasteiger partial charge in [0, 0.05) is 89.2 Å². The fourth-order valence-corrected chi connectivity index (χ4v) is 2.58. The fourth-order valence-electron chi connectivity index (χ4n) is 2.58. The van der Waals surface area contributed by atoms with E-state index in [0.29, 0.717) is 6.54 Å². The van der Waals surface area contributed by atoms with Crippen molar-refractivity contribution in [1.29, 1.82) is 0 Å². The minimum absolute atomic E-state index is 0. The number of hydrogen-bond acceptors (Lipinski definition) is 4. The number of rotatable bonds is 4. The second kappa shape index (κ2) is 8.93. The van der Waals surface area contributed by atoms with E-state index in [1.165, 1.54) is 5.56 Å². The number of hydrogen-bond donors (Lipinski definition) is 0. The van der Waals surface area contributed by atoms with E-state index in [9.17, 15) is 0 Å². The molecule has 2 heterocycles. The third kappa shape index (κ3) is 4.73. The van der Waals surface area contributed by atoms with Gasteiger partial charge in [0.05, 0.1) is 0 Å². The van der Waals surface area contributed by atoms with E-state index < -0.39 is 0 Å². The van der Waals surface area contributed by atoms with Gasteiger partial charge >= 0.3 is 0 Å². The number of benzene rings is 1. The quantitative estimate of drug-likeness (QED) is 0.636. The third-order valence-electron chi connectivity index (χ3n) is 3.84. The van der Waals surface area contributed by atoms with Crippen molar-refractivity contribution in [2.75, 3.05) is 31.1 Å². The maximum atomic E-state index is 7.34. The van der Waals surface area contributed by atoms with Crippen LogP contribution in [0.3, 0.4) is 0 Å². The molecule has 0 aliphatic carbocycles. The summed E-state index contributed by atoms with van der Waals surface area (Å²) < 4.78 is 0. The molecule has 113 valence electrons. The summed E-state index contributed by atoms with van der Waals surface area (Å²) in [5, 5.41) is 0. The summed E-state index contributed by atoms with van der Waals surface area (Å²) in [4.78, 5) is 13.3. The van der Waals surface area contributed by atoms with Crippen molar-refractivity contribution in [3.8, 4) is 0 Å². The average molecular weight is 509 g/mol. The molecule has 2 aromatic rings. The summed E-state index contributed by atoms with van der Waals surface area (Å²) in [5.41, 5.74) is 9.73. The first-order chi connectivity index (χ1) is 10.3. The number of aromatic nitrogens is 2. The molecule has 1 aromatic carbocycles. The van der Waals surface area contributed by atoms with E-state index in [4.69, 9.17) is 5.73 Å². The Labute approximate surface area is 167 Å². The van der Waals surface area contributed by atoms with Crippen molar-refractivity contribution in [3.05, 3.63) is 59.6 Å². The molecule has 3 rings (SSSR count). The number of nitrogens with zero attached hydrogens (tertiary/aromatic N) is 4. The Morgan fingerprint density at radius 3 is 2.09 bits per heavy atom. The average Bonchev–Trinajstić information content (AvgIpc) is 2.57. The first-order valence-electron chi connectivity index (χ1n) is 7.32. The minimum Gasteiger partial charge on any atom is -0.674 e. The molecular weight excluding hydrogens is 489 g/mol. The van der Waals surface area contributed by atoms with Crippen molar-refractivity contribution in [2.45, 2.75) is 13.1 Å². The Kier molecular flexibility index (Phi) is 7.23. The van der Waals surface area contributed by atoms with E-state index in [2.05, 4.69) is 44.0 Å². The zero-order valence-electron chi connectivity index (χ0n) is 12.7. The van der Waals surface area contributed by atoms with E-state index in [0.717, 1.165) is 44.2 Å². The Morgan fingerprint density at radius 2 is 1.50 bits per heavy atom. The van der Waals surface area contributed by atoms with E-state index in [1.807, 2.05) is 6.07 Å². The van der Waals surface area contributed by atoms with Crippen molar-refractivity contribution < 1.29 is 44.1 Å². The van der Waals surface area contributed by atoms with Gasteiger partial charge in [-0.05, 0) is 11.6 Å². The van der Waals surface area contributed by atoms with Crippen LogP contribution in [-0.2, 0) is 13.1 Å². The maximum absolute atomic E-state index is 7.34. The van der Waals surface area contributed by atoms with Crippen LogP contribution in [0.1, 0.15) is 11.1 Å². The Bertz CT molecular complexity index is 553. The number of nitrogens with one attached hydrogen (secondary N) is 1. The maximum Gasteiger partial charge on any atom is 0.225 e. The van der Waals surface area contributed by atoms with Crippen molar-refractivity contribution in [2.24, 2.45) is 0 Å². The van der Waals surface area contributed by atoms with Crippen LogP contribution in [0.2, 0.25) is 0 Å². The molecule has 6 heteroatoms. The number of anilines is 1. The summed E-state index contributed by atoms with van der Waals surface area (Å²) >= 11 is 0. The molecule has 1 N–H and O–H groups in total. The molecule has 1 fully saturated rings. The van der Waals surface area contributed by atoms with Crippen LogP contribution in [0.5, 0.6) is 0 Å². The molecule has 0 unspecified atom stereocenters. The number of piperazine rings is 1. The second-order valence-electron chi connectivity index (χ2n) is 5.31. The summed E-state index contributed by atoms with van der Waals surface area (Å²) in [7, 11) is 0. The zero-order valence-corrected chi connectivity index (χ0v) is 17.4. The van der Waals surface area contributed by atoms with E-state index in [1.54, 1.807) is 12.4 Å². The molecule has 1 aliphatic heterocycles. The largest absolute Gasteiger partial charge is 0.674 e. The SMILES string of the molecule is [Ac].[NH-]Cc1ccc(CN2CCN(c3ncccn3)CC2)cc1. The summed E-state index contributed by atoms with van der Waals surface area (Å²) in [5.74, 6) is 0.831. The zero-order chi connectivity index (χ0) is 14.5. The van der Waals surface area contributed by atoms with Crippen LogP contribution in [0.15, 0.2) is 42.7 Å². The smallest absolute Gasteiger partial charge is 0.225 e. The van der Waals surface area contributed by atoms with Gasteiger partial charge in [-0.3, -0.25) is 4.90 Å². The molecule has 1 radical (unpaired) electrons. The predicted octanol–water partition coefficient (Wildman–Crippen LogP) is 2.35.